The standard InChI is InChI=1S/C10H9ClN4O/c1-6-2-3-7(4-13-6)16-10-8(11)9(12)14-5-15-10/h2-5H,1H3,(H2,12,14,15). The van der Waals surface area contributed by atoms with E-state index in [1.165, 1.54) is 6.33 Å². The second kappa shape index (κ2) is 4.32. The highest BCUT2D eigenvalue weighted by atomic mass is 35.5. The molecule has 0 aromatic carbocycles. The molecule has 16 heavy (non-hydrogen) atoms. The Bertz CT molecular complexity index is 501. The molecular weight excluding hydrogens is 228 g/mol. The van der Waals surface area contributed by atoms with Crippen molar-refractivity contribution in [3.63, 3.8) is 0 Å². The lowest BCUT2D eigenvalue weighted by molar-refractivity contribution is 0.460. The monoisotopic (exact) mass is 236 g/mol. The predicted molar refractivity (Wildman–Crippen MR) is 60.5 cm³/mol. The summed E-state index contributed by atoms with van der Waals surface area (Å²) in [6, 6.07) is 3.60. The molecule has 0 unspecified atom stereocenters. The molecule has 2 aromatic heterocycles. The van der Waals surface area contributed by atoms with Crippen molar-refractivity contribution in [2.75, 3.05) is 5.73 Å². The molecule has 0 aliphatic carbocycles. The molecular formula is C10H9ClN4O. The van der Waals surface area contributed by atoms with Crippen molar-refractivity contribution in [2.45, 2.75) is 6.92 Å². The maximum atomic E-state index is 5.88. The molecule has 0 radical (unpaired) electrons. The van der Waals surface area contributed by atoms with E-state index in [0.717, 1.165) is 5.69 Å². The van der Waals surface area contributed by atoms with Gasteiger partial charge in [-0.2, -0.15) is 4.98 Å². The van der Waals surface area contributed by atoms with Crippen molar-refractivity contribution in [3.8, 4) is 11.6 Å². The van der Waals surface area contributed by atoms with Gasteiger partial charge in [0.1, 0.15) is 22.9 Å². The van der Waals surface area contributed by atoms with E-state index in [-0.39, 0.29) is 16.7 Å². The Morgan fingerprint density at radius 3 is 2.75 bits per heavy atom. The average Bonchev–Trinajstić information content (AvgIpc) is 2.28. The van der Waals surface area contributed by atoms with E-state index in [9.17, 15) is 0 Å². The van der Waals surface area contributed by atoms with Crippen LogP contribution in [-0.2, 0) is 0 Å². The second-order valence-corrected chi connectivity index (χ2v) is 3.49. The van der Waals surface area contributed by atoms with Gasteiger partial charge in [-0.3, -0.25) is 4.98 Å². The number of halogens is 1. The summed E-state index contributed by atoms with van der Waals surface area (Å²) in [6.45, 7) is 1.89. The molecule has 2 aromatic rings. The van der Waals surface area contributed by atoms with Gasteiger partial charge in [-0.05, 0) is 19.1 Å². The molecule has 0 aliphatic rings. The third kappa shape index (κ3) is 2.20. The van der Waals surface area contributed by atoms with Gasteiger partial charge < -0.3 is 10.5 Å². The minimum atomic E-state index is 0.187. The second-order valence-electron chi connectivity index (χ2n) is 3.12. The molecule has 6 heteroatoms. The number of hydrogen-bond donors (Lipinski definition) is 1. The van der Waals surface area contributed by atoms with Crippen LogP contribution in [0.4, 0.5) is 5.82 Å². The van der Waals surface area contributed by atoms with E-state index in [0.29, 0.717) is 5.75 Å². The number of nitrogen functional groups attached to an aromatic ring is 1. The molecule has 2 heterocycles. The summed E-state index contributed by atoms with van der Waals surface area (Å²) in [6.07, 6.45) is 2.88. The molecule has 0 aliphatic heterocycles. The highest BCUT2D eigenvalue weighted by molar-refractivity contribution is 6.34. The highest BCUT2D eigenvalue weighted by Crippen LogP contribution is 2.29. The molecule has 0 spiro atoms. The summed E-state index contributed by atoms with van der Waals surface area (Å²) < 4.78 is 5.42. The Morgan fingerprint density at radius 1 is 1.25 bits per heavy atom. The maximum Gasteiger partial charge on any atom is 0.243 e. The Morgan fingerprint density at radius 2 is 2.06 bits per heavy atom. The number of anilines is 1. The largest absolute Gasteiger partial charge is 0.436 e. The zero-order valence-electron chi connectivity index (χ0n) is 8.51. The number of aromatic nitrogens is 3. The molecule has 0 amide bonds. The molecule has 0 saturated carbocycles. The zero-order valence-corrected chi connectivity index (χ0v) is 9.27. The average molecular weight is 237 g/mol. The quantitative estimate of drug-likeness (QED) is 0.865. The van der Waals surface area contributed by atoms with Crippen LogP contribution in [0, 0.1) is 6.92 Å². The van der Waals surface area contributed by atoms with E-state index in [1.54, 1.807) is 12.3 Å². The SMILES string of the molecule is Cc1ccc(Oc2ncnc(N)c2Cl)cn1. The van der Waals surface area contributed by atoms with E-state index in [1.807, 2.05) is 13.0 Å². The van der Waals surface area contributed by atoms with Gasteiger partial charge in [0.2, 0.25) is 5.88 Å². The molecule has 82 valence electrons. The summed E-state index contributed by atoms with van der Waals surface area (Å²) in [5, 5.41) is 0.197. The summed E-state index contributed by atoms with van der Waals surface area (Å²) in [5.74, 6) is 0.956. The molecule has 5 nitrogen and oxygen atoms in total. The van der Waals surface area contributed by atoms with Crippen molar-refractivity contribution >= 4 is 17.4 Å². The van der Waals surface area contributed by atoms with Gasteiger partial charge in [-0.1, -0.05) is 11.6 Å². The number of aryl methyl sites for hydroxylation is 1. The van der Waals surface area contributed by atoms with Crippen LogP contribution < -0.4 is 10.5 Å². The fourth-order valence-electron chi connectivity index (χ4n) is 1.06. The topological polar surface area (TPSA) is 73.9 Å². The van der Waals surface area contributed by atoms with Crippen LogP contribution in [0.25, 0.3) is 0 Å². The predicted octanol–water partition coefficient (Wildman–Crippen LogP) is 2.21. The lowest BCUT2D eigenvalue weighted by Gasteiger charge is -2.06. The number of nitrogens with zero attached hydrogens (tertiary/aromatic N) is 3. The van der Waals surface area contributed by atoms with Crippen molar-refractivity contribution in [1.82, 2.24) is 15.0 Å². The minimum Gasteiger partial charge on any atom is -0.436 e. The number of nitrogens with two attached hydrogens (primary N) is 1. The number of hydrogen-bond acceptors (Lipinski definition) is 5. The first-order valence-corrected chi connectivity index (χ1v) is 4.91. The lowest BCUT2D eigenvalue weighted by Crippen LogP contribution is -1.96. The molecule has 2 N–H and O–H groups in total. The Labute approximate surface area is 97.3 Å². The van der Waals surface area contributed by atoms with Gasteiger partial charge in [0.05, 0.1) is 6.20 Å². The van der Waals surface area contributed by atoms with Crippen molar-refractivity contribution in [1.29, 1.82) is 0 Å². The highest BCUT2D eigenvalue weighted by Gasteiger charge is 2.08. The molecule has 0 bridgehead atoms. The van der Waals surface area contributed by atoms with Crippen LogP contribution in [0.2, 0.25) is 5.02 Å². The first kappa shape index (κ1) is 10.6. The van der Waals surface area contributed by atoms with Crippen LogP contribution >= 0.6 is 11.6 Å². The fraction of sp³-hybridized carbons (Fsp3) is 0.100. The van der Waals surface area contributed by atoms with Crippen LogP contribution in [0.15, 0.2) is 24.7 Å². The van der Waals surface area contributed by atoms with Gasteiger partial charge in [-0.25, -0.2) is 4.98 Å². The Balaban J connectivity index is 2.27. The van der Waals surface area contributed by atoms with E-state index in [4.69, 9.17) is 22.1 Å². The van der Waals surface area contributed by atoms with Gasteiger partial charge in [0.25, 0.3) is 0 Å². The smallest absolute Gasteiger partial charge is 0.243 e. The van der Waals surface area contributed by atoms with E-state index in [2.05, 4.69) is 15.0 Å². The van der Waals surface area contributed by atoms with Crippen LogP contribution in [0.5, 0.6) is 11.6 Å². The van der Waals surface area contributed by atoms with Crippen molar-refractivity contribution in [3.05, 3.63) is 35.4 Å². The lowest BCUT2D eigenvalue weighted by atomic mass is 10.4. The minimum absolute atomic E-state index is 0.187. The molecule has 0 atom stereocenters. The van der Waals surface area contributed by atoms with Gasteiger partial charge in [0.15, 0.2) is 0 Å². The summed E-state index contributed by atoms with van der Waals surface area (Å²) in [5.41, 5.74) is 6.42. The van der Waals surface area contributed by atoms with Gasteiger partial charge in [-0.15, -0.1) is 0 Å². The summed E-state index contributed by atoms with van der Waals surface area (Å²) in [4.78, 5) is 11.7. The summed E-state index contributed by atoms with van der Waals surface area (Å²) in [7, 11) is 0. The zero-order chi connectivity index (χ0) is 11.5. The Hall–Kier alpha value is -1.88. The first-order chi connectivity index (χ1) is 7.66. The van der Waals surface area contributed by atoms with E-state index >= 15 is 0 Å². The maximum absolute atomic E-state index is 5.88. The molecule has 0 fully saturated rings. The number of rotatable bonds is 2. The van der Waals surface area contributed by atoms with Crippen LogP contribution in [-0.4, -0.2) is 15.0 Å². The molecule has 2 rings (SSSR count). The Kier molecular flexibility index (Phi) is 2.87. The van der Waals surface area contributed by atoms with Gasteiger partial charge >= 0.3 is 0 Å². The normalized spacial score (nSPS) is 10.1. The summed E-state index contributed by atoms with van der Waals surface area (Å²) >= 11 is 5.88. The van der Waals surface area contributed by atoms with Gasteiger partial charge in [0, 0.05) is 5.69 Å². The third-order valence-electron chi connectivity index (χ3n) is 1.88. The van der Waals surface area contributed by atoms with Crippen LogP contribution in [0.3, 0.4) is 0 Å². The van der Waals surface area contributed by atoms with Crippen LogP contribution in [0.1, 0.15) is 5.69 Å². The third-order valence-corrected chi connectivity index (χ3v) is 2.24. The number of ether oxygens (including phenoxy) is 1. The van der Waals surface area contributed by atoms with Crippen molar-refractivity contribution in [2.24, 2.45) is 0 Å². The fourth-order valence-corrected chi connectivity index (χ4v) is 1.20. The number of pyridine rings is 1. The van der Waals surface area contributed by atoms with E-state index < -0.39 is 0 Å². The first-order valence-electron chi connectivity index (χ1n) is 4.53. The molecule has 0 saturated heterocycles. The van der Waals surface area contributed by atoms with Crippen molar-refractivity contribution < 1.29 is 4.74 Å².